The number of carbonyl (C=O) groups excluding carboxylic acids is 3. The number of carbonyl (C=O) groups is 3. The molecular weight excluding hydrogens is 284 g/mol. The summed E-state index contributed by atoms with van der Waals surface area (Å²) < 4.78 is 5.36. The quantitative estimate of drug-likeness (QED) is 0.741. The average molecular weight is 310 g/mol. The third-order valence-electron chi connectivity index (χ3n) is 4.13. The highest BCUT2D eigenvalue weighted by Gasteiger charge is 2.33. The number of amides is 2. The van der Waals surface area contributed by atoms with Gasteiger partial charge in [0.25, 0.3) is 0 Å². The number of piperidine rings is 2. The predicted octanol–water partition coefficient (Wildman–Crippen LogP) is 1.82. The van der Waals surface area contributed by atoms with E-state index in [1.807, 2.05) is 20.8 Å². The maximum atomic E-state index is 12.4. The van der Waals surface area contributed by atoms with Crippen molar-refractivity contribution in [3.8, 4) is 0 Å². The van der Waals surface area contributed by atoms with E-state index in [1.165, 1.54) is 0 Å². The Balaban J connectivity index is 1.80. The molecule has 2 fully saturated rings. The van der Waals surface area contributed by atoms with E-state index >= 15 is 0 Å². The van der Waals surface area contributed by atoms with Gasteiger partial charge in [0, 0.05) is 44.9 Å². The summed E-state index contributed by atoms with van der Waals surface area (Å²) in [6.45, 7) is 7.74. The van der Waals surface area contributed by atoms with Crippen LogP contribution in [-0.4, -0.2) is 59.4 Å². The third kappa shape index (κ3) is 4.45. The minimum atomic E-state index is -0.496. The van der Waals surface area contributed by atoms with Crippen molar-refractivity contribution in [2.75, 3.05) is 26.2 Å². The second kappa shape index (κ2) is 6.67. The first-order valence-corrected chi connectivity index (χ1v) is 8.05. The SMILES string of the molecule is CC(C)(C)OC(=O)N1CCC(C(=O)N2CCC(=O)CC2)CC1. The first-order valence-electron chi connectivity index (χ1n) is 8.05. The lowest BCUT2D eigenvalue weighted by atomic mass is 9.94. The molecule has 22 heavy (non-hydrogen) atoms. The largest absolute Gasteiger partial charge is 0.444 e. The van der Waals surface area contributed by atoms with Crippen molar-refractivity contribution < 1.29 is 19.1 Å². The summed E-state index contributed by atoms with van der Waals surface area (Å²) in [6.07, 6.45) is 1.98. The molecule has 0 spiro atoms. The predicted molar refractivity (Wildman–Crippen MR) is 81.4 cm³/mol. The van der Waals surface area contributed by atoms with Crippen LogP contribution in [0.3, 0.4) is 0 Å². The van der Waals surface area contributed by atoms with E-state index in [0.29, 0.717) is 51.9 Å². The molecule has 2 amide bonds. The fourth-order valence-electron chi connectivity index (χ4n) is 2.87. The molecule has 0 unspecified atom stereocenters. The molecule has 0 aromatic rings. The van der Waals surface area contributed by atoms with Crippen LogP contribution in [-0.2, 0) is 14.3 Å². The zero-order chi connectivity index (χ0) is 16.3. The van der Waals surface area contributed by atoms with E-state index in [0.717, 1.165) is 0 Å². The van der Waals surface area contributed by atoms with Crippen molar-refractivity contribution in [3.63, 3.8) is 0 Å². The Morgan fingerprint density at radius 2 is 1.55 bits per heavy atom. The molecule has 0 aromatic heterocycles. The van der Waals surface area contributed by atoms with Crippen molar-refractivity contribution >= 4 is 17.8 Å². The van der Waals surface area contributed by atoms with Gasteiger partial charge in [-0.15, -0.1) is 0 Å². The van der Waals surface area contributed by atoms with Crippen LogP contribution in [0.5, 0.6) is 0 Å². The zero-order valence-corrected chi connectivity index (χ0v) is 13.8. The van der Waals surface area contributed by atoms with Crippen molar-refractivity contribution in [2.24, 2.45) is 5.92 Å². The number of hydrogen-bond donors (Lipinski definition) is 0. The molecule has 0 aromatic carbocycles. The highest BCUT2D eigenvalue weighted by molar-refractivity contribution is 5.84. The summed E-state index contributed by atoms with van der Waals surface area (Å²) in [6, 6.07) is 0. The summed E-state index contributed by atoms with van der Waals surface area (Å²) >= 11 is 0. The van der Waals surface area contributed by atoms with Gasteiger partial charge >= 0.3 is 6.09 Å². The third-order valence-corrected chi connectivity index (χ3v) is 4.13. The number of hydrogen-bond acceptors (Lipinski definition) is 4. The van der Waals surface area contributed by atoms with Crippen LogP contribution >= 0.6 is 0 Å². The van der Waals surface area contributed by atoms with Crippen molar-refractivity contribution in [1.82, 2.24) is 9.80 Å². The first kappa shape index (κ1) is 16.8. The Hall–Kier alpha value is -1.59. The Kier molecular flexibility index (Phi) is 5.08. The normalized spacial score (nSPS) is 21.0. The number of ether oxygens (including phenoxy) is 1. The van der Waals surface area contributed by atoms with Crippen molar-refractivity contribution in [2.45, 2.75) is 52.1 Å². The highest BCUT2D eigenvalue weighted by atomic mass is 16.6. The Bertz CT molecular complexity index is 438. The van der Waals surface area contributed by atoms with Gasteiger partial charge in [-0.2, -0.15) is 0 Å². The van der Waals surface area contributed by atoms with Gasteiger partial charge < -0.3 is 14.5 Å². The van der Waals surface area contributed by atoms with Gasteiger partial charge in [0.2, 0.25) is 5.91 Å². The standard InChI is InChI=1S/C16H26N2O4/c1-16(2,3)22-15(21)18-8-4-12(5-9-18)14(20)17-10-6-13(19)7-11-17/h12H,4-11H2,1-3H3. The van der Waals surface area contributed by atoms with Crippen LogP contribution in [0, 0.1) is 5.92 Å². The lowest BCUT2D eigenvalue weighted by molar-refractivity contribution is -0.139. The lowest BCUT2D eigenvalue weighted by Gasteiger charge is -2.35. The second-order valence-electron chi connectivity index (χ2n) is 7.11. The van der Waals surface area contributed by atoms with E-state index in [4.69, 9.17) is 4.74 Å². The monoisotopic (exact) mass is 310 g/mol. The van der Waals surface area contributed by atoms with E-state index in [-0.39, 0.29) is 23.7 Å². The Morgan fingerprint density at radius 1 is 1.00 bits per heavy atom. The van der Waals surface area contributed by atoms with E-state index < -0.39 is 5.60 Å². The van der Waals surface area contributed by atoms with Gasteiger partial charge in [-0.25, -0.2) is 4.79 Å². The molecule has 6 heteroatoms. The molecule has 6 nitrogen and oxygen atoms in total. The Morgan fingerprint density at radius 3 is 2.05 bits per heavy atom. The Labute approximate surface area is 131 Å². The fourth-order valence-corrected chi connectivity index (χ4v) is 2.87. The van der Waals surface area contributed by atoms with Crippen LogP contribution in [0.15, 0.2) is 0 Å². The van der Waals surface area contributed by atoms with Crippen molar-refractivity contribution in [1.29, 1.82) is 0 Å². The maximum absolute atomic E-state index is 12.4. The minimum Gasteiger partial charge on any atom is -0.444 e. The summed E-state index contributed by atoms with van der Waals surface area (Å²) in [5.74, 6) is 0.340. The number of ketones is 1. The number of nitrogens with zero attached hydrogens (tertiary/aromatic N) is 2. The molecule has 0 atom stereocenters. The molecule has 124 valence electrons. The molecule has 0 N–H and O–H groups in total. The van der Waals surface area contributed by atoms with Gasteiger partial charge in [0.15, 0.2) is 0 Å². The molecule has 0 aliphatic carbocycles. The van der Waals surface area contributed by atoms with Crippen molar-refractivity contribution in [3.05, 3.63) is 0 Å². The number of likely N-dealkylation sites (tertiary alicyclic amines) is 2. The fraction of sp³-hybridized carbons (Fsp3) is 0.812. The first-order chi connectivity index (χ1) is 10.3. The zero-order valence-electron chi connectivity index (χ0n) is 13.8. The molecule has 2 aliphatic rings. The van der Waals surface area contributed by atoms with Gasteiger partial charge in [0.05, 0.1) is 0 Å². The number of rotatable bonds is 1. The van der Waals surface area contributed by atoms with E-state index in [2.05, 4.69) is 0 Å². The molecule has 0 radical (unpaired) electrons. The van der Waals surface area contributed by atoms with Crippen LogP contribution in [0.2, 0.25) is 0 Å². The molecule has 0 bridgehead atoms. The van der Waals surface area contributed by atoms with Crippen LogP contribution < -0.4 is 0 Å². The molecule has 0 saturated carbocycles. The highest BCUT2D eigenvalue weighted by Crippen LogP contribution is 2.22. The molecule has 2 aliphatic heterocycles. The molecule has 2 rings (SSSR count). The summed E-state index contributed by atoms with van der Waals surface area (Å²) in [5.41, 5.74) is -0.496. The summed E-state index contributed by atoms with van der Waals surface area (Å²) in [4.78, 5) is 39.2. The van der Waals surface area contributed by atoms with Crippen LogP contribution in [0.25, 0.3) is 0 Å². The van der Waals surface area contributed by atoms with Gasteiger partial charge in [-0.3, -0.25) is 9.59 Å². The van der Waals surface area contributed by atoms with E-state index in [9.17, 15) is 14.4 Å². The molecule has 2 saturated heterocycles. The van der Waals surface area contributed by atoms with Gasteiger partial charge in [-0.05, 0) is 33.6 Å². The van der Waals surface area contributed by atoms with Crippen LogP contribution in [0.4, 0.5) is 4.79 Å². The maximum Gasteiger partial charge on any atom is 0.410 e. The molecule has 2 heterocycles. The van der Waals surface area contributed by atoms with Crippen LogP contribution in [0.1, 0.15) is 46.5 Å². The average Bonchev–Trinajstić information content (AvgIpc) is 2.46. The summed E-state index contributed by atoms with van der Waals surface area (Å²) in [7, 11) is 0. The second-order valence-corrected chi connectivity index (χ2v) is 7.11. The topological polar surface area (TPSA) is 66.9 Å². The lowest BCUT2D eigenvalue weighted by Crippen LogP contribution is -2.47. The summed E-state index contributed by atoms with van der Waals surface area (Å²) in [5, 5.41) is 0. The van der Waals surface area contributed by atoms with E-state index in [1.54, 1.807) is 9.80 Å². The van der Waals surface area contributed by atoms with Gasteiger partial charge in [0.1, 0.15) is 11.4 Å². The minimum absolute atomic E-state index is 0.0353. The number of Topliss-reactive ketones (excluding diaryl/α,β-unsaturated/α-hetero) is 1. The van der Waals surface area contributed by atoms with Gasteiger partial charge in [-0.1, -0.05) is 0 Å². The smallest absolute Gasteiger partial charge is 0.410 e. The molecular formula is C16H26N2O4.